The number of hydrogen-bond acceptors (Lipinski definition) is 4. The summed E-state index contributed by atoms with van der Waals surface area (Å²) in [5, 5.41) is 0. The molecule has 0 spiro atoms. The summed E-state index contributed by atoms with van der Waals surface area (Å²) in [7, 11) is -4.72. The molecule has 0 saturated carbocycles. The summed E-state index contributed by atoms with van der Waals surface area (Å²) in [4.78, 5) is 0. The molecule has 3 atom stereocenters. The van der Waals surface area contributed by atoms with Crippen molar-refractivity contribution in [3.05, 3.63) is 0 Å². The molecular formula is C8H14F2O5S. The van der Waals surface area contributed by atoms with Crippen molar-refractivity contribution in [3.8, 4) is 0 Å². The van der Waals surface area contributed by atoms with Gasteiger partial charge in [0.1, 0.15) is 5.75 Å². The molecule has 1 saturated heterocycles. The zero-order valence-electron chi connectivity index (χ0n) is 9.16. The van der Waals surface area contributed by atoms with Crippen LogP contribution < -0.4 is 0 Å². The second-order valence-electron chi connectivity index (χ2n) is 4.06. The van der Waals surface area contributed by atoms with Crippen LogP contribution in [0.2, 0.25) is 0 Å². The molecule has 5 nitrogen and oxygen atoms in total. The lowest BCUT2D eigenvalue weighted by Gasteiger charge is -2.24. The van der Waals surface area contributed by atoms with Gasteiger partial charge in [-0.25, -0.2) is 8.78 Å². The van der Waals surface area contributed by atoms with Gasteiger partial charge in [-0.3, -0.25) is 4.55 Å². The van der Waals surface area contributed by atoms with Gasteiger partial charge in [0.15, 0.2) is 5.79 Å². The molecule has 0 aromatic rings. The van der Waals surface area contributed by atoms with Crippen molar-refractivity contribution >= 4 is 10.1 Å². The Bertz CT molecular complexity index is 382. The molecule has 0 aliphatic carbocycles. The average Bonchev–Trinajstić information content (AvgIpc) is 2.14. The first-order valence-electron chi connectivity index (χ1n) is 4.66. The fraction of sp³-hybridized carbons (Fsp3) is 1.00. The van der Waals surface area contributed by atoms with Crippen molar-refractivity contribution in [1.82, 2.24) is 0 Å². The lowest BCUT2D eigenvalue weighted by atomic mass is 10.2. The highest BCUT2D eigenvalue weighted by molar-refractivity contribution is 7.85. The van der Waals surface area contributed by atoms with Crippen LogP contribution in [0.1, 0.15) is 27.2 Å². The molecule has 1 rings (SSSR count). The third-order valence-corrected chi connectivity index (χ3v) is 3.20. The second-order valence-corrected chi connectivity index (χ2v) is 5.52. The molecule has 0 radical (unpaired) electrons. The summed E-state index contributed by atoms with van der Waals surface area (Å²) in [6.07, 6.45) is 0.129. The lowest BCUT2D eigenvalue weighted by Crippen LogP contribution is -2.47. The largest absolute Gasteiger partial charge is 0.309 e. The summed E-state index contributed by atoms with van der Waals surface area (Å²) in [5.74, 6) is -9.22. The van der Waals surface area contributed by atoms with Gasteiger partial charge >= 0.3 is 0 Å². The minimum absolute atomic E-state index is 0.129. The Hall–Kier alpha value is -0.310. The third-order valence-electron chi connectivity index (χ3n) is 2.46. The van der Waals surface area contributed by atoms with Gasteiger partial charge in [0.05, 0.1) is 0 Å². The summed E-state index contributed by atoms with van der Waals surface area (Å²) in [5.41, 5.74) is 0. The van der Waals surface area contributed by atoms with Crippen LogP contribution in [0.3, 0.4) is 0 Å². The average molecular weight is 260 g/mol. The molecule has 8 heteroatoms. The fourth-order valence-corrected chi connectivity index (χ4v) is 2.26. The highest BCUT2D eigenvalue weighted by Gasteiger charge is 2.66. The van der Waals surface area contributed by atoms with Crippen molar-refractivity contribution < 1.29 is 31.2 Å². The second kappa shape index (κ2) is 3.59. The van der Waals surface area contributed by atoms with Gasteiger partial charge < -0.3 is 9.47 Å². The number of halogens is 2. The molecule has 0 amide bonds. The maximum Gasteiger partial charge on any atom is 0.287 e. The first-order valence-corrected chi connectivity index (χ1v) is 6.27. The number of rotatable bonds is 3. The van der Waals surface area contributed by atoms with E-state index in [-0.39, 0.29) is 6.42 Å². The molecule has 0 aromatic carbocycles. The van der Waals surface area contributed by atoms with Gasteiger partial charge in [-0.05, 0) is 13.3 Å². The van der Waals surface area contributed by atoms with Gasteiger partial charge in [0.25, 0.3) is 21.8 Å². The Morgan fingerprint density at radius 3 is 2.06 bits per heavy atom. The standard InChI is InChI=1S/C8H14F2O5S/c1-4-6(2)14-7(3,9)8(10,15-6)5-16(11,12)13/h4-5H2,1-3H3,(H,11,12,13). The summed E-state index contributed by atoms with van der Waals surface area (Å²) in [6, 6.07) is 0. The molecule has 0 bridgehead atoms. The molecular weight excluding hydrogens is 246 g/mol. The van der Waals surface area contributed by atoms with Gasteiger partial charge in [0, 0.05) is 6.92 Å². The molecule has 3 unspecified atom stereocenters. The van der Waals surface area contributed by atoms with E-state index >= 15 is 0 Å². The highest BCUT2D eigenvalue weighted by Crippen LogP contribution is 2.48. The quantitative estimate of drug-likeness (QED) is 0.776. The Labute approximate surface area is 92.5 Å². The zero-order valence-corrected chi connectivity index (χ0v) is 9.98. The van der Waals surface area contributed by atoms with Crippen LogP contribution in [0, 0.1) is 0 Å². The molecule has 1 N–H and O–H groups in total. The maximum absolute atomic E-state index is 14.0. The normalized spacial score (nSPS) is 44.9. The predicted molar refractivity (Wildman–Crippen MR) is 50.6 cm³/mol. The van der Waals surface area contributed by atoms with E-state index < -0.39 is 33.4 Å². The molecule has 0 aromatic heterocycles. The maximum atomic E-state index is 14.0. The van der Waals surface area contributed by atoms with Crippen LogP contribution >= 0.6 is 0 Å². The van der Waals surface area contributed by atoms with E-state index in [0.717, 1.165) is 6.92 Å². The van der Waals surface area contributed by atoms with E-state index in [9.17, 15) is 17.2 Å². The third kappa shape index (κ3) is 2.50. The monoisotopic (exact) mass is 260 g/mol. The summed E-state index contributed by atoms with van der Waals surface area (Å²) < 4.78 is 66.9. The first kappa shape index (κ1) is 13.8. The summed E-state index contributed by atoms with van der Waals surface area (Å²) >= 11 is 0. The Morgan fingerprint density at radius 2 is 1.75 bits per heavy atom. The van der Waals surface area contributed by atoms with Crippen molar-refractivity contribution in [1.29, 1.82) is 0 Å². The minimum Gasteiger partial charge on any atom is -0.309 e. The van der Waals surface area contributed by atoms with Gasteiger partial charge in [-0.15, -0.1) is 0 Å². The number of alkyl halides is 2. The number of hydrogen-bond donors (Lipinski definition) is 1. The van der Waals surface area contributed by atoms with Crippen molar-refractivity contribution in [2.75, 3.05) is 5.75 Å². The molecule has 16 heavy (non-hydrogen) atoms. The van der Waals surface area contributed by atoms with Gasteiger partial charge in [-0.2, -0.15) is 8.42 Å². The van der Waals surface area contributed by atoms with Crippen LogP contribution in [-0.2, 0) is 19.6 Å². The van der Waals surface area contributed by atoms with E-state index in [0.29, 0.717) is 0 Å². The smallest absolute Gasteiger partial charge is 0.287 e. The van der Waals surface area contributed by atoms with Crippen LogP contribution in [0.15, 0.2) is 0 Å². The van der Waals surface area contributed by atoms with Crippen molar-refractivity contribution in [3.63, 3.8) is 0 Å². The van der Waals surface area contributed by atoms with Crippen LogP contribution in [0.5, 0.6) is 0 Å². The molecule has 96 valence electrons. The van der Waals surface area contributed by atoms with E-state index in [1.54, 1.807) is 6.92 Å². The van der Waals surface area contributed by atoms with E-state index in [4.69, 9.17) is 9.29 Å². The van der Waals surface area contributed by atoms with Crippen LogP contribution in [0.4, 0.5) is 8.78 Å². The molecule has 1 aliphatic heterocycles. The van der Waals surface area contributed by atoms with Gasteiger partial charge in [-0.1, -0.05) is 6.92 Å². The van der Waals surface area contributed by atoms with Gasteiger partial charge in [0.2, 0.25) is 0 Å². The minimum atomic E-state index is -4.72. The highest BCUT2D eigenvalue weighted by atomic mass is 32.2. The Balaban J connectivity index is 3.05. The molecule has 1 fully saturated rings. The fourth-order valence-electron chi connectivity index (χ4n) is 1.47. The molecule has 1 aliphatic rings. The topological polar surface area (TPSA) is 72.8 Å². The van der Waals surface area contributed by atoms with Crippen molar-refractivity contribution in [2.24, 2.45) is 0 Å². The van der Waals surface area contributed by atoms with E-state index in [1.165, 1.54) is 6.92 Å². The van der Waals surface area contributed by atoms with Crippen molar-refractivity contribution in [2.45, 2.75) is 44.7 Å². The predicted octanol–water partition coefficient (Wildman–Crippen LogP) is 1.40. The van der Waals surface area contributed by atoms with Crippen LogP contribution in [-0.4, -0.2) is 36.2 Å². The first-order chi connectivity index (χ1) is 6.93. The number of ether oxygens (including phenoxy) is 2. The Morgan fingerprint density at radius 1 is 1.25 bits per heavy atom. The zero-order chi connectivity index (χ0) is 12.8. The summed E-state index contributed by atoms with van der Waals surface area (Å²) in [6.45, 7) is 3.57. The lowest BCUT2D eigenvalue weighted by molar-refractivity contribution is -0.204. The van der Waals surface area contributed by atoms with E-state index in [1.807, 2.05) is 0 Å². The molecule has 1 heterocycles. The van der Waals surface area contributed by atoms with E-state index in [2.05, 4.69) is 4.74 Å². The Kier molecular flexibility index (Phi) is 3.09. The van der Waals surface area contributed by atoms with Crippen LogP contribution in [0.25, 0.3) is 0 Å². The SMILES string of the molecule is CCC1(C)OC(C)(F)C(F)(CS(=O)(=O)O)O1.